The van der Waals surface area contributed by atoms with Gasteiger partial charge in [-0.1, -0.05) is 0 Å². The molecule has 7 nitrogen and oxygen atoms in total. The molecule has 0 atom stereocenters. The molecule has 3 heterocycles. The highest BCUT2D eigenvalue weighted by Gasteiger charge is 2.18. The number of carbonyl (C=O) groups excluding carboxylic acids is 1. The Kier molecular flexibility index (Phi) is 4.24. The fourth-order valence-corrected chi connectivity index (χ4v) is 2.62. The second-order valence-electron chi connectivity index (χ2n) is 5.54. The Hall–Kier alpha value is -2.88. The number of aryl methyl sites for hydroxylation is 1. The SMILES string of the molecule is CC(=O)N1CCCn2nc(CNc3ccc(C#N)cn3)cc2C1. The van der Waals surface area contributed by atoms with Gasteiger partial charge in [0.15, 0.2) is 0 Å². The lowest BCUT2D eigenvalue weighted by atomic mass is 10.3. The van der Waals surface area contributed by atoms with E-state index >= 15 is 0 Å². The Balaban J connectivity index is 1.67. The molecule has 2 aromatic heterocycles. The van der Waals surface area contributed by atoms with Crippen molar-refractivity contribution in [1.29, 1.82) is 5.26 Å². The molecule has 23 heavy (non-hydrogen) atoms. The third-order valence-corrected chi connectivity index (χ3v) is 3.85. The van der Waals surface area contributed by atoms with Gasteiger partial charge in [-0.05, 0) is 24.6 Å². The lowest BCUT2D eigenvalue weighted by molar-refractivity contribution is -0.129. The summed E-state index contributed by atoms with van der Waals surface area (Å²) in [6, 6.07) is 7.57. The summed E-state index contributed by atoms with van der Waals surface area (Å²) >= 11 is 0. The number of carbonyl (C=O) groups is 1. The van der Waals surface area contributed by atoms with Crippen LogP contribution in [-0.2, 0) is 24.4 Å². The number of nitrogens with one attached hydrogen (secondary N) is 1. The Morgan fingerprint density at radius 3 is 3.00 bits per heavy atom. The molecule has 0 aliphatic carbocycles. The van der Waals surface area contributed by atoms with Crippen LogP contribution in [0.25, 0.3) is 0 Å². The molecule has 0 radical (unpaired) electrons. The van der Waals surface area contributed by atoms with Crippen molar-refractivity contribution in [3.8, 4) is 6.07 Å². The molecule has 3 rings (SSSR count). The molecular weight excluding hydrogens is 292 g/mol. The zero-order chi connectivity index (χ0) is 16.2. The van der Waals surface area contributed by atoms with Crippen molar-refractivity contribution >= 4 is 11.7 Å². The van der Waals surface area contributed by atoms with Crippen molar-refractivity contribution in [1.82, 2.24) is 19.7 Å². The topological polar surface area (TPSA) is 86.8 Å². The smallest absolute Gasteiger partial charge is 0.219 e. The number of nitrogens with zero attached hydrogens (tertiary/aromatic N) is 5. The number of fused-ring (bicyclic) bond motifs is 1. The zero-order valence-electron chi connectivity index (χ0n) is 13.0. The first kappa shape index (κ1) is 15.0. The first-order valence-corrected chi connectivity index (χ1v) is 7.57. The maximum Gasteiger partial charge on any atom is 0.219 e. The maximum absolute atomic E-state index is 11.6. The molecule has 0 spiro atoms. The zero-order valence-corrected chi connectivity index (χ0v) is 13.0. The summed E-state index contributed by atoms with van der Waals surface area (Å²) in [7, 11) is 0. The average Bonchev–Trinajstić information content (AvgIpc) is 2.83. The van der Waals surface area contributed by atoms with E-state index in [1.54, 1.807) is 19.1 Å². The van der Waals surface area contributed by atoms with E-state index in [0.29, 0.717) is 24.5 Å². The van der Waals surface area contributed by atoms with Crippen LogP contribution in [0, 0.1) is 11.3 Å². The molecule has 0 saturated carbocycles. The van der Waals surface area contributed by atoms with Crippen LogP contribution in [0.15, 0.2) is 24.4 Å². The lowest BCUT2D eigenvalue weighted by Gasteiger charge is -2.17. The monoisotopic (exact) mass is 310 g/mol. The summed E-state index contributed by atoms with van der Waals surface area (Å²) in [5.41, 5.74) is 2.51. The third-order valence-electron chi connectivity index (χ3n) is 3.85. The predicted octanol–water partition coefficient (Wildman–Crippen LogP) is 1.51. The largest absolute Gasteiger partial charge is 0.364 e. The van der Waals surface area contributed by atoms with E-state index < -0.39 is 0 Å². The maximum atomic E-state index is 11.6. The average molecular weight is 310 g/mol. The Bertz CT molecular complexity index is 743. The Morgan fingerprint density at radius 1 is 1.43 bits per heavy atom. The van der Waals surface area contributed by atoms with Gasteiger partial charge in [-0.15, -0.1) is 0 Å². The standard InChI is InChI=1S/C16H18N6O/c1-12(23)21-5-2-6-22-15(11-21)7-14(20-22)10-19-16-4-3-13(8-17)9-18-16/h3-4,7,9H,2,5-6,10-11H2,1H3,(H,18,19). The molecule has 0 unspecified atom stereocenters. The van der Waals surface area contributed by atoms with E-state index in [0.717, 1.165) is 30.9 Å². The van der Waals surface area contributed by atoms with Gasteiger partial charge >= 0.3 is 0 Å². The van der Waals surface area contributed by atoms with Crippen molar-refractivity contribution in [3.63, 3.8) is 0 Å². The first-order valence-electron chi connectivity index (χ1n) is 7.57. The van der Waals surface area contributed by atoms with Crippen LogP contribution in [0.1, 0.15) is 30.3 Å². The van der Waals surface area contributed by atoms with Gasteiger partial charge in [0.1, 0.15) is 11.9 Å². The van der Waals surface area contributed by atoms with Gasteiger partial charge in [0.05, 0.1) is 30.0 Å². The minimum Gasteiger partial charge on any atom is -0.364 e. The van der Waals surface area contributed by atoms with Crippen LogP contribution in [0.3, 0.4) is 0 Å². The summed E-state index contributed by atoms with van der Waals surface area (Å²) in [5, 5.41) is 16.5. The molecule has 0 aromatic carbocycles. The molecule has 118 valence electrons. The highest BCUT2D eigenvalue weighted by Crippen LogP contribution is 2.15. The number of hydrogen-bond donors (Lipinski definition) is 1. The van der Waals surface area contributed by atoms with Crippen LogP contribution in [-0.4, -0.2) is 32.1 Å². The summed E-state index contributed by atoms with van der Waals surface area (Å²) in [6.45, 7) is 4.37. The van der Waals surface area contributed by atoms with E-state index in [4.69, 9.17) is 5.26 Å². The fraction of sp³-hybridized carbons (Fsp3) is 0.375. The summed E-state index contributed by atoms with van der Waals surface area (Å²) in [6.07, 6.45) is 2.45. The van der Waals surface area contributed by atoms with Crippen molar-refractivity contribution in [2.75, 3.05) is 11.9 Å². The van der Waals surface area contributed by atoms with Crippen LogP contribution >= 0.6 is 0 Å². The molecule has 1 aliphatic heterocycles. The molecule has 1 N–H and O–H groups in total. The molecule has 0 fully saturated rings. The molecule has 0 saturated heterocycles. The quantitative estimate of drug-likeness (QED) is 0.928. The summed E-state index contributed by atoms with van der Waals surface area (Å²) in [5.74, 6) is 0.804. The van der Waals surface area contributed by atoms with Crippen molar-refractivity contribution < 1.29 is 4.79 Å². The van der Waals surface area contributed by atoms with E-state index in [9.17, 15) is 4.79 Å². The van der Waals surface area contributed by atoms with E-state index in [-0.39, 0.29) is 5.91 Å². The molecule has 1 aliphatic rings. The van der Waals surface area contributed by atoms with Crippen LogP contribution in [0.5, 0.6) is 0 Å². The molecule has 2 aromatic rings. The normalized spacial score (nSPS) is 13.8. The van der Waals surface area contributed by atoms with Crippen LogP contribution < -0.4 is 5.32 Å². The van der Waals surface area contributed by atoms with Gasteiger partial charge < -0.3 is 10.2 Å². The molecule has 0 bridgehead atoms. The molecule has 1 amide bonds. The van der Waals surface area contributed by atoms with E-state index in [1.807, 2.05) is 21.7 Å². The summed E-state index contributed by atoms with van der Waals surface area (Å²) in [4.78, 5) is 17.6. The molecular formula is C16H18N6O. The van der Waals surface area contributed by atoms with Gasteiger partial charge in [-0.2, -0.15) is 10.4 Å². The summed E-state index contributed by atoms with van der Waals surface area (Å²) < 4.78 is 1.98. The number of hydrogen-bond acceptors (Lipinski definition) is 5. The number of rotatable bonds is 3. The fourth-order valence-electron chi connectivity index (χ4n) is 2.62. The minimum atomic E-state index is 0.0982. The van der Waals surface area contributed by atoms with Gasteiger partial charge in [0.2, 0.25) is 5.91 Å². The minimum absolute atomic E-state index is 0.0982. The van der Waals surface area contributed by atoms with E-state index in [1.165, 1.54) is 6.20 Å². The van der Waals surface area contributed by atoms with Gasteiger partial charge in [0, 0.05) is 26.2 Å². The Morgan fingerprint density at radius 2 is 2.30 bits per heavy atom. The van der Waals surface area contributed by atoms with Gasteiger partial charge in [-0.25, -0.2) is 4.98 Å². The highest BCUT2D eigenvalue weighted by atomic mass is 16.2. The van der Waals surface area contributed by atoms with E-state index in [2.05, 4.69) is 15.4 Å². The number of amides is 1. The van der Waals surface area contributed by atoms with Gasteiger partial charge in [-0.3, -0.25) is 9.48 Å². The Labute approximate surface area is 134 Å². The number of aromatic nitrogens is 3. The van der Waals surface area contributed by atoms with Crippen LogP contribution in [0.2, 0.25) is 0 Å². The predicted molar refractivity (Wildman–Crippen MR) is 84.2 cm³/mol. The number of pyridine rings is 1. The van der Waals surface area contributed by atoms with Crippen molar-refractivity contribution in [3.05, 3.63) is 41.3 Å². The number of nitriles is 1. The van der Waals surface area contributed by atoms with Crippen LogP contribution in [0.4, 0.5) is 5.82 Å². The van der Waals surface area contributed by atoms with Crippen molar-refractivity contribution in [2.45, 2.75) is 33.0 Å². The second-order valence-corrected chi connectivity index (χ2v) is 5.54. The lowest BCUT2D eigenvalue weighted by Crippen LogP contribution is -2.28. The second kappa shape index (κ2) is 6.48. The number of anilines is 1. The highest BCUT2D eigenvalue weighted by molar-refractivity contribution is 5.73. The van der Waals surface area contributed by atoms with Crippen molar-refractivity contribution in [2.24, 2.45) is 0 Å². The molecule has 7 heteroatoms. The first-order chi connectivity index (χ1) is 11.2. The third kappa shape index (κ3) is 3.48. The van der Waals surface area contributed by atoms with Gasteiger partial charge in [0.25, 0.3) is 0 Å².